The molecule has 2 aromatic rings. The number of rotatable bonds is 2. The molecule has 0 radical (unpaired) electrons. The first-order valence-electron chi connectivity index (χ1n) is 5.03. The third-order valence-corrected chi connectivity index (χ3v) is 2.67. The highest BCUT2D eigenvalue weighted by molar-refractivity contribution is 6.31. The van der Waals surface area contributed by atoms with Crippen molar-refractivity contribution in [2.75, 3.05) is 11.1 Å². The number of aromatic nitrogens is 2. The van der Waals surface area contributed by atoms with Crippen molar-refractivity contribution < 1.29 is 9.18 Å². The second kappa shape index (κ2) is 4.66. The van der Waals surface area contributed by atoms with Crippen molar-refractivity contribution >= 4 is 29.0 Å². The van der Waals surface area contributed by atoms with E-state index in [0.717, 1.165) is 6.07 Å². The third-order valence-electron chi connectivity index (χ3n) is 2.38. The molecule has 0 bridgehead atoms. The van der Waals surface area contributed by atoms with Gasteiger partial charge in [-0.3, -0.25) is 9.48 Å². The number of halogens is 2. The van der Waals surface area contributed by atoms with Crippen LogP contribution in [-0.2, 0) is 7.05 Å². The minimum Gasteiger partial charge on any atom is -0.394 e. The molecule has 7 heteroatoms. The molecule has 0 atom stereocenters. The standard InChI is InChI=1S/C11H10ClFN4O/c1-17-10(9(14)5-15-17)16-11(18)6-2-3-8(13)7(12)4-6/h2-5H,14H2,1H3,(H,16,18). The number of nitrogens with two attached hydrogens (primary N) is 1. The number of nitrogens with one attached hydrogen (secondary N) is 1. The monoisotopic (exact) mass is 268 g/mol. The van der Waals surface area contributed by atoms with Gasteiger partial charge in [-0.25, -0.2) is 4.39 Å². The summed E-state index contributed by atoms with van der Waals surface area (Å²) in [5.41, 5.74) is 6.22. The molecule has 0 aliphatic heterocycles. The summed E-state index contributed by atoms with van der Waals surface area (Å²) in [6, 6.07) is 3.71. The fourth-order valence-electron chi connectivity index (χ4n) is 1.42. The number of hydrogen-bond acceptors (Lipinski definition) is 3. The molecule has 0 aliphatic rings. The maximum Gasteiger partial charge on any atom is 0.256 e. The fraction of sp³-hybridized carbons (Fsp3) is 0.0909. The van der Waals surface area contributed by atoms with Crippen molar-refractivity contribution in [1.82, 2.24) is 9.78 Å². The topological polar surface area (TPSA) is 72.9 Å². The first-order chi connectivity index (χ1) is 8.49. The van der Waals surface area contributed by atoms with E-state index in [1.165, 1.54) is 23.0 Å². The van der Waals surface area contributed by atoms with Gasteiger partial charge < -0.3 is 11.1 Å². The van der Waals surface area contributed by atoms with E-state index >= 15 is 0 Å². The van der Waals surface area contributed by atoms with E-state index in [-0.39, 0.29) is 10.6 Å². The molecule has 0 unspecified atom stereocenters. The second-order valence-electron chi connectivity index (χ2n) is 3.66. The van der Waals surface area contributed by atoms with E-state index in [0.29, 0.717) is 11.5 Å². The van der Waals surface area contributed by atoms with Crippen LogP contribution >= 0.6 is 11.6 Å². The van der Waals surface area contributed by atoms with Crippen LogP contribution in [0.1, 0.15) is 10.4 Å². The maximum atomic E-state index is 13.0. The molecule has 0 saturated heterocycles. The summed E-state index contributed by atoms with van der Waals surface area (Å²) in [6.07, 6.45) is 1.42. The number of anilines is 2. The molecule has 0 saturated carbocycles. The molecule has 1 amide bonds. The van der Waals surface area contributed by atoms with E-state index in [1.54, 1.807) is 7.05 Å². The Kier molecular flexibility index (Phi) is 3.20. The number of carbonyl (C=O) groups excluding carboxylic acids is 1. The molecule has 1 aromatic carbocycles. The zero-order valence-corrected chi connectivity index (χ0v) is 10.2. The van der Waals surface area contributed by atoms with Crippen LogP contribution in [0.2, 0.25) is 5.02 Å². The summed E-state index contributed by atoms with van der Waals surface area (Å²) in [4.78, 5) is 11.9. The molecular weight excluding hydrogens is 259 g/mol. The summed E-state index contributed by atoms with van der Waals surface area (Å²) < 4.78 is 14.4. The lowest BCUT2D eigenvalue weighted by molar-refractivity contribution is 0.102. The third kappa shape index (κ3) is 2.28. The Hall–Kier alpha value is -2.08. The van der Waals surface area contributed by atoms with Gasteiger partial charge in [0.1, 0.15) is 5.82 Å². The Morgan fingerprint density at radius 2 is 2.28 bits per heavy atom. The minimum atomic E-state index is -0.576. The predicted molar refractivity (Wildman–Crippen MR) is 67.0 cm³/mol. The summed E-state index contributed by atoms with van der Waals surface area (Å²) in [6.45, 7) is 0. The SMILES string of the molecule is Cn1ncc(N)c1NC(=O)c1ccc(F)c(Cl)c1. The van der Waals surface area contributed by atoms with Crippen molar-refractivity contribution in [2.24, 2.45) is 7.05 Å². The van der Waals surface area contributed by atoms with Crippen LogP contribution in [0, 0.1) is 5.82 Å². The summed E-state index contributed by atoms with van der Waals surface area (Å²) in [7, 11) is 1.64. The van der Waals surface area contributed by atoms with Crippen molar-refractivity contribution in [3.05, 3.63) is 40.8 Å². The van der Waals surface area contributed by atoms with Crippen LogP contribution in [0.25, 0.3) is 0 Å². The number of aryl methyl sites for hydroxylation is 1. The van der Waals surface area contributed by atoms with Gasteiger partial charge >= 0.3 is 0 Å². The highest BCUT2D eigenvalue weighted by atomic mass is 35.5. The molecule has 18 heavy (non-hydrogen) atoms. The number of amides is 1. The lowest BCUT2D eigenvalue weighted by Gasteiger charge is -2.07. The zero-order chi connectivity index (χ0) is 13.3. The highest BCUT2D eigenvalue weighted by Crippen LogP contribution is 2.19. The van der Waals surface area contributed by atoms with Crippen molar-refractivity contribution in [3.63, 3.8) is 0 Å². The smallest absolute Gasteiger partial charge is 0.256 e. The van der Waals surface area contributed by atoms with Crippen molar-refractivity contribution in [3.8, 4) is 0 Å². The highest BCUT2D eigenvalue weighted by Gasteiger charge is 2.12. The average molecular weight is 269 g/mol. The van der Waals surface area contributed by atoms with Crippen LogP contribution < -0.4 is 11.1 Å². The van der Waals surface area contributed by atoms with E-state index in [4.69, 9.17) is 17.3 Å². The first kappa shape index (κ1) is 12.4. The van der Waals surface area contributed by atoms with Crippen LogP contribution in [0.4, 0.5) is 15.9 Å². The number of hydrogen-bond donors (Lipinski definition) is 2. The van der Waals surface area contributed by atoms with Gasteiger partial charge in [0.25, 0.3) is 5.91 Å². The number of carbonyl (C=O) groups is 1. The van der Waals surface area contributed by atoms with Crippen molar-refractivity contribution in [1.29, 1.82) is 0 Å². The molecule has 0 aliphatic carbocycles. The Morgan fingerprint density at radius 1 is 1.56 bits per heavy atom. The molecule has 94 valence electrons. The average Bonchev–Trinajstić information content (AvgIpc) is 2.64. The molecule has 1 heterocycles. The van der Waals surface area contributed by atoms with E-state index in [9.17, 15) is 9.18 Å². The normalized spacial score (nSPS) is 10.4. The molecule has 1 aromatic heterocycles. The second-order valence-corrected chi connectivity index (χ2v) is 4.06. The number of benzene rings is 1. The van der Waals surface area contributed by atoms with Crippen LogP contribution in [0.15, 0.2) is 24.4 Å². The molecule has 0 fully saturated rings. The Labute approximate surface area is 107 Å². The molecule has 5 nitrogen and oxygen atoms in total. The number of nitrogens with zero attached hydrogens (tertiary/aromatic N) is 2. The Bertz CT molecular complexity index is 592. The summed E-state index contributed by atoms with van der Waals surface area (Å²) in [5.74, 6) is -0.638. The quantitative estimate of drug-likeness (QED) is 0.875. The largest absolute Gasteiger partial charge is 0.394 e. The predicted octanol–water partition coefficient (Wildman–Crippen LogP) is 2.05. The van der Waals surface area contributed by atoms with Gasteiger partial charge in [-0.2, -0.15) is 5.10 Å². The van der Waals surface area contributed by atoms with Crippen LogP contribution in [0.5, 0.6) is 0 Å². The molecule has 3 N–H and O–H groups in total. The lowest BCUT2D eigenvalue weighted by Crippen LogP contribution is -2.15. The zero-order valence-electron chi connectivity index (χ0n) is 9.45. The van der Waals surface area contributed by atoms with Gasteiger partial charge in [0, 0.05) is 12.6 Å². The van der Waals surface area contributed by atoms with Gasteiger partial charge in [-0.1, -0.05) is 11.6 Å². The molecule has 2 rings (SSSR count). The van der Waals surface area contributed by atoms with E-state index in [1.807, 2.05) is 0 Å². The Balaban J connectivity index is 2.25. The van der Waals surface area contributed by atoms with E-state index in [2.05, 4.69) is 10.4 Å². The first-order valence-corrected chi connectivity index (χ1v) is 5.40. The summed E-state index contributed by atoms with van der Waals surface area (Å²) >= 11 is 5.61. The Morgan fingerprint density at radius 3 is 2.83 bits per heavy atom. The molecular formula is C11H10ClFN4O. The van der Waals surface area contributed by atoms with Crippen LogP contribution in [0.3, 0.4) is 0 Å². The number of nitrogen functional groups attached to an aromatic ring is 1. The van der Waals surface area contributed by atoms with Gasteiger partial charge in [0.2, 0.25) is 0 Å². The van der Waals surface area contributed by atoms with E-state index < -0.39 is 11.7 Å². The fourth-order valence-corrected chi connectivity index (χ4v) is 1.61. The van der Waals surface area contributed by atoms with Crippen molar-refractivity contribution in [2.45, 2.75) is 0 Å². The summed E-state index contributed by atoms with van der Waals surface area (Å²) in [5, 5.41) is 6.35. The molecule has 0 spiro atoms. The van der Waals surface area contributed by atoms with Gasteiger partial charge in [-0.05, 0) is 18.2 Å². The minimum absolute atomic E-state index is 0.111. The maximum absolute atomic E-state index is 13.0. The van der Waals surface area contributed by atoms with Gasteiger partial charge in [0.05, 0.1) is 16.9 Å². The van der Waals surface area contributed by atoms with Crippen LogP contribution in [-0.4, -0.2) is 15.7 Å². The van der Waals surface area contributed by atoms with Gasteiger partial charge in [0.15, 0.2) is 5.82 Å². The lowest BCUT2D eigenvalue weighted by atomic mass is 10.2. The van der Waals surface area contributed by atoms with Gasteiger partial charge in [-0.15, -0.1) is 0 Å².